The Morgan fingerprint density at radius 1 is 1.20 bits per heavy atom. The molecular formula is C7H15F3O3SSi. The lowest BCUT2D eigenvalue weighted by Crippen LogP contribution is -2.55. The van der Waals surface area contributed by atoms with Crippen molar-refractivity contribution in [3.63, 3.8) is 0 Å². The molecule has 0 aromatic heterocycles. The van der Waals surface area contributed by atoms with Gasteiger partial charge in [-0.05, 0) is 0 Å². The van der Waals surface area contributed by atoms with E-state index >= 15 is 0 Å². The van der Waals surface area contributed by atoms with Crippen LogP contribution in [-0.2, 0) is 14.0 Å². The van der Waals surface area contributed by atoms with Crippen molar-refractivity contribution in [2.45, 2.75) is 18.9 Å². The lowest BCUT2D eigenvalue weighted by atomic mass is 10.2. The van der Waals surface area contributed by atoms with Crippen molar-refractivity contribution in [3.05, 3.63) is 0 Å². The molecule has 0 aromatic carbocycles. The Kier molecular flexibility index (Phi) is 4.81. The highest BCUT2D eigenvalue weighted by Crippen LogP contribution is 2.39. The number of rotatable bonds is 6. The van der Waals surface area contributed by atoms with Crippen molar-refractivity contribution in [2.24, 2.45) is 0 Å². The summed E-state index contributed by atoms with van der Waals surface area (Å²) < 4.78 is 64.5. The van der Waals surface area contributed by atoms with Crippen molar-refractivity contribution in [1.82, 2.24) is 0 Å². The molecule has 15 heavy (non-hydrogen) atoms. The van der Waals surface area contributed by atoms with Crippen molar-refractivity contribution in [1.29, 1.82) is 0 Å². The second-order valence-corrected chi connectivity index (χ2v) is 10.0. The Morgan fingerprint density at radius 3 is 1.80 bits per heavy atom. The summed E-state index contributed by atoms with van der Waals surface area (Å²) in [6.45, 7) is 1.51. The van der Waals surface area contributed by atoms with E-state index in [0.717, 1.165) is 0 Å². The van der Waals surface area contributed by atoms with E-state index in [1.54, 1.807) is 0 Å². The average Bonchev–Trinajstić information content (AvgIpc) is 2.12. The molecule has 0 aliphatic heterocycles. The van der Waals surface area contributed by atoms with Crippen LogP contribution in [0.5, 0.6) is 0 Å². The minimum absolute atomic E-state index is 0.703. The van der Waals surface area contributed by atoms with Crippen molar-refractivity contribution in [3.8, 4) is 0 Å². The summed E-state index contributed by atoms with van der Waals surface area (Å²) in [5.74, 6) is 0. The molecule has 0 radical (unpaired) electrons. The maximum absolute atomic E-state index is 12.8. The molecule has 0 unspecified atom stereocenters. The normalized spacial score (nSPS) is 14.3. The highest BCUT2D eigenvalue weighted by molar-refractivity contribution is 7.87. The first-order valence-electron chi connectivity index (χ1n) is 4.22. The smallest absolute Gasteiger partial charge is 0.286 e. The third kappa shape index (κ3) is 3.46. The summed E-state index contributed by atoms with van der Waals surface area (Å²) in [7, 11) is -7.89. The quantitative estimate of drug-likeness (QED) is 0.685. The van der Waals surface area contributed by atoms with Crippen LogP contribution >= 0.6 is 0 Å². The zero-order valence-electron chi connectivity index (χ0n) is 8.89. The van der Waals surface area contributed by atoms with Crippen molar-refractivity contribution < 1.29 is 25.5 Å². The first-order chi connectivity index (χ1) is 6.64. The van der Waals surface area contributed by atoms with E-state index in [2.05, 4.69) is 3.87 Å². The Hall–Kier alpha value is -0.0831. The molecule has 0 spiro atoms. The largest absolute Gasteiger partial charge is 0.309 e. The third-order valence-corrected chi connectivity index (χ3v) is 8.26. The van der Waals surface area contributed by atoms with Gasteiger partial charge in [-0.3, -0.25) is 13.2 Å². The molecule has 0 N–H and O–H groups in total. The minimum Gasteiger partial charge on any atom is -0.309 e. The molecule has 92 valence electrons. The van der Waals surface area contributed by atoms with Crippen LogP contribution in [0.1, 0.15) is 13.8 Å². The molecule has 0 atom stereocenters. The van der Waals surface area contributed by atoms with Crippen molar-refractivity contribution >= 4 is 18.4 Å². The molecule has 0 heterocycles. The highest BCUT2D eigenvalue weighted by atomic mass is 32.2. The average molecular weight is 264 g/mol. The summed E-state index contributed by atoms with van der Waals surface area (Å²) in [4.78, 5) is 0. The third-order valence-electron chi connectivity index (χ3n) is 2.31. The van der Waals surface area contributed by atoms with Gasteiger partial charge in [0.05, 0.1) is 12.9 Å². The van der Waals surface area contributed by atoms with E-state index in [0.29, 0.717) is 6.26 Å². The number of alkyl halides is 3. The summed E-state index contributed by atoms with van der Waals surface area (Å²) in [5, 5.41) is -1.42. The van der Waals surface area contributed by atoms with E-state index in [-0.39, 0.29) is 0 Å². The van der Waals surface area contributed by atoms with Gasteiger partial charge in [-0.15, -0.1) is 0 Å². The second kappa shape index (κ2) is 4.83. The van der Waals surface area contributed by atoms with Crippen LogP contribution in [0.3, 0.4) is 0 Å². The van der Waals surface area contributed by atoms with Crippen LogP contribution in [0.15, 0.2) is 0 Å². The lowest BCUT2D eigenvalue weighted by Gasteiger charge is -2.37. The fourth-order valence-electron chi connectivity index (χ4n) is 0.966. The van der Waals surface area contributed by atoms with Gasteiger partial charge < -0.3 is 3.87 Å². The van der Waals surface area contributed by atoms with Gasteiger partial charge in [0.25, 0.3) is 18.4 Å². The van der Waals surface area contributed by atoms with Gasteiger partial charge in [0.15, 0.2) is 0 Å². The van der Waals surface area contributed by atoms with Gasteiger partial charge in [0.1, 0.15) is 12.6 Å². The predicted molar refractivity (Wildman–Crippen MR) is 53.6 cm³/mol. The monoisotopic (exact) mass is 264 g/mol. The van der Waals surface area contributed by atoms with Crippen LogP contribution in [0, 0.1) is 0 Å². The van der Waals surface area contributed by atoms with E-state index in [4.69, 9.17) is 0 Å². The highest BCUT2D eigenvalue weighted by Gasteiger charge is 2.53. The van der Waals surface area contributed by atoms with E-state index < -0.39 is 42.7 Å². The summed E-state index contributed by atoms with van der Waals surface area (Å²) in [6.07, 6.45) is -1.84. The van der Waals surface area contributed by atoms with E-state index in [1.165, 1.54) is 13.8 Å². The Labute approximate surface area is 88.9 Å². The van der Waals surface area contributed by atoms with E-state index in [9.17, 15) is 21.6 Å². The Bertz CT molecular complexity index is 301. The molecule has 0 saturated heterocycles. The van der Waals surface area contributed by atoms with E-state index in [1.807, 2.05) is 0 Å². The van der Waals surface area contributed by atoms with Gasteiger partial charge in [0.2, 0.25) is 0 Å². The van der Waals surface area contributed by atoms with Gasteiger partial charge in [-0.2, -0.15) is 0 Å². The molecule has 3 nitrogen and oxygen atoms in total. The molecule has 0 amide bonds. The number of hydrogen-bond acceptors (Lipinski definition) is 3. The SMILES string of the molecule is CC(C)(CF)[Si](CF)(CF)OS(C)(=O)=O. The first kappa shape index (κ1) is 14.9. The predicted octanol–water partition coefficient (Wildman–Crippen LogP) is 1.68. The molecule has 0 bridgehead atoms. The van der Waals surface area contributed by atoms with Crippen LogP contribution < -0.4 is 0 Å². The number of halogens is 3. The van der Waals surface area contributed by atoms with Crippen LogP contribution in [0.25, 0.3) is 0 Å². The van der Waals surface area contributed by atoms with Crippen LogP contribution in [0.4, 0.5) is 13.2 Å². The Morgan fingerprint density at radius 2 is 1.60 bits per heavy atom. The van der Waals surface area contributed by atoms with Gasteiger partial charge in [-0.1, -0.05) is 13.8 Å². The minimum atomic E-state index is -3.98. The first-order valence-corrected chi connectivity index (χ1v) is 8.36. The summed E-state index contributed by atoms with van der Waals surface area (Å²) >= 11 is 0. The zero-order valence-corrected chi connectivity index (χ0v) is 10.7. The van der Waals surface area contributed by atoms with Crippen molar-refractivity contribution in [2.75, 3.05) is 25.5 Å². The molecule has 0 aliphatic carbocycles. The molecule has 0 rings (SSSR count). The fourth-order valence-corrected chi connectivity index (χ4v) is 5.58. The lowest BCUT2D eigenvalue weighted by molar-refractivity contribution is 0.331. The van der Waals surface area contributed by atoms with Gasteiger partial charge in [0, 0.05) is 5.04 Å². The van der Waals surface area contributed by atoms with Gasteiger partial charge in [-0.25, -0.2) is 8.42 Å². The molecule has 0 fully saturated rings. The molecule has 0 aromatic rings. The topological polar surface area (TPSA) is 43.4 Å². The summed E-state index contributed by atoms with van der Waals surface area (Å²) in [5.41, 5.74) is 0. The molecular weight excluding hydrogens is 249 g/mol. The summed E-state index contributed by atoms with van der Waals surface area (Å²) in [6, 6.07) is 0. The van der Waals surface area contributed by atoms with Gasteiger partial charge >= 0.3 is 0 Å². The zero-order chi connectivity index (χ0) is 12.3. The van der Waals surface area contributed by atoms with Crippen LogP contribution in [-0.4, -0.2) is 42.3 Å². The maximum Gasteiger partial charge on any atom is 0.286 e. The fraction of sp³-hybridized carbons (Fsp3) is 1.00. The molecule has 0 aliphatic rings. The maximum atomic E-state index is 12.8. The standard InChI is InChI=1S/C7H15F3O3SSi/c1-7(2,4-8)15(5-9,6-10)13-14(3,11)12/h4-6H2,1-3H3. The second-order valence-electron chi connectivity index (χ2n) is 4.07. The number of hydrogen-bond donors (Lipinski definition) is 0. The van der Waals surface area contributed by atoms with Crippen LogP contribution in [0.2, 0.25) is 5.04 Å². The molecule has 0 saturated carbocycles. The Balaban J connectivity index is 5.24. The molecule has 8 heteroatoms.